The van der Waals surface area contributed by atoms with Gasteiger partial charge in [-0.3, -0.25) is 9.48 Å². The van der Waals surface area contributed by atoms with Crippen molar-refractivity contribution in [1.29, 1.82) is 0 Å². The molecule has 0 aliphatic heterocycles. The fourth-order valence-electron chi connectivity index (χ4n) is 1.91. The molecule has 8 heteroatoms. The van der Waals surface area contributed by atoms with E-state index >= 15 is 0 Å². The highest BCUT2D eigenvalue weighted by Gasteiger charge is 2.21. The van der Waals surface area contributed by atoms with E-state index in [9.17, 15) is 14.3 Å². The van der Waals surface area contributed by atoms with Crippen molar-refractivity contribution in [3.05, 3.63) is 46.9 Å². The number of likely N-dealkylation sites (N-methyl/N-ethyl adjacent to an activating group) is 1. The minimum Gasteiger partial charge on any atom is -0.378 e. The molecule has 1 unspecified atom stereocenters. The summed E-state index contributed by atoms with van der Waals surface area (Å²) in [7, 11) is 3.90. The number of aliphatic hydroxyl groups is 1. The van der Waals surface area contributed by atoms with Crippen LogP contribution in [0.3, 0.4) is 0 Å². The van der Waals surface area contributed by atoms with Gasteiger partial charge in [-0.2, -0.15) is 5.10 Å². The summed E-state index contributed by atoms with van der Waals surface area (Å²) in [6.45, 7) is 1.46. The lowest BCUT2D eigenvalue weighted by Gasteiger charge is -2.11. The molecule has 0 fully saturated rings. The summed E-state index contributed by atoms with van der Waals surface area (Å²) < 4.78 is 15.4. The Hall–Kier alpha value is -1.96. The van der Waals surface area contributed by atoms with Gasteiger partial charge in [0.05, 0.1) is 6.54 Å². The normalized spacial score (nSPS) is 12.4. The number of rotatable bonds is 6. The Bertz CT molecular complexity index is 690. The zero-order valence-corrected chi connectivity index (χ0v) is 13.6. The molecule has 0 radical (unpaired) electrons. The fraction of sp³-hybridized carbons (Fsp3) is 0.333. The van der Waals surface area contributed by atoms with Gasteiger partial charge in [0.25, 0.3) is 5.91 Å². The Morgan fingerprint density at radius 2 is 2.22 bits per heavy atom. The van der Waals surface area contributed by atoms with E-state index in [1.807, 2.05) is 19.0 Å². The first-order chi connectivity index (χ1) is 10.9. The van der Waals surface area contributed by atoms with Crippen LogP contribution < -0.4 is 5.32 Å². The number of aromatic nitrogens is 2. The number of hydrogen-bond acceptors (Lipinski definition) is 4. The standard InChI is InChI=1S/C15H18ClFN4O2/c1-20(2)7-8-21-6-5-13(19-21)18-15(23)14(22)11-4-3-10(16)9-12(11)17/h3-6,9,14,22H,7-8H2,1-2H3,(H,18,19,23). The molecule has 0 aliphatic carbocycles. The molecular formula is C15H18ClFN4O2. The molecule has 1 aromatic carbocycles. The fourth-order valence-corrected chi connectivity index (χ4v) is 2.07. The summed E-state index contributed by atoms with van der Waals surface area (Å²) in [6.07, 6.45) is 0.0770. The molecule has 2 N–H and O–H groups in total. The molecule has 6 nitrogen and oxygen atoms in total. The Balaban J connectivity index is 2.01. The van der Waals surface area contributed by atoms with E-state index in [0.717, 1.165) is 12.6 Å². The monoisotopic (exact) mass is 340 g/mol. The Kier molecular flexibility index (Phi) is 5.70. The van der Waals surface area contributed by atoms with Crippen molar-refractivity contribution >= 4 is 23.3 Å². The second-order valence-corrected chi connectivity index (χ2v) is 5.76. The van der Waals surface area contributed by atoms with Crippen molar-refractivity contribution in [2.24, 2.45) is 0 Å². The summed E-state index contributed by atoms with van der Waals surface area (Å²) in [5.41, 5.74) is -0.140. The van der Waals surface area contributed by atoms with Crippen molar-refractivity contribution in [1.82, 2.24) is 14.7 Å². The summed E-state index contributed by atoms with van der Waals surface area (Å²) in [6, 6.07) is 5.34. The van der Waals surface area contributed by atoms with Gasteiger partial charge in [-0.05, 0) is 26.2 Å². The SMILES string of the molecule is CN(C)CCn1ccc(NC(=O)C(O)c2ccc(Cl)cc2F)n1. The number of aliphatic hydroxyl groups excluding tert-OH is 1. The average Bonchev–Trinajstić information content (AvgIpc) is 2.92. The third-order valence-corrected chi connectivity index (χ3v) is 3.41. The maximum absolute atomic E-state index is 13.7. The van der Waals surface area contributed by atoms with E-state index in [4.69, 9.17) is 11.6 Å². The highest BCUT2D eigenvalue weighted by Crippen LogP contribution is 2.21. The van der Waals surface area contributed by atoms with Crippen LogP contribution in [0.25, 0.3) is 0 Å². The molecule has 124 valence electrons. The lowest BCUT2D eigenvalue weighted by molar-refractivity contribution is -0.124. The third-order valence-electron chi connectivity index (χ3n) is 3.17. The largest absolute Gasteiger partial charge is 0.378 e. The zero-order chi connectivity index (χ0) is 17.0. The quantitative estimate of drug-likeness (QED) is 0.842. The van der Waals surface area contributed by atoms with Crippen molar-refractivity contribution < 1.29 is 14.3 Å². The van der Waals surface area contributed by atoms with Crippen LogP contribution >= 0.6 is 11.6 Å². The number of nitrogens with one attached hydrogen (secondary N) is 1. The van der Waals surface area contributed by atoms with E-state index in [2.05, 4.69) is 10.4 Å². The molecule has 2 aromatic rings. The van der Waals surface area contributed by atoms with Gasteiger partial charge in [0, 0.05) is 29.4 Å². The number of carbonyl (C=O) groups excluding carboxylic acids is 1. The van der Waals surface area contributed by atoms with Gasteiger partial charge in [0.1, 0.15) is 5.82 Å². The van der Waals surface area contributed by atoms with Gasteiger partial charge in [-0.1, -0.05) is 17.7 Å². The maximum Gasteiger partial charge on any atom is 0.259 e. The predicted octanol–water partition coefficient (Wildman–Crippen LogP) is 1.91. The molecule has 2 rings (SSSR count). The topological polar surface area (TPSA) is 70.4 Å². The van der Waals surface area contributed by atoms with Gasteiger partial charge in [-0.25, -0.2) is 4.39 Å². The van der Waals surface area contributed by atoms with E-state index in [1.54, 1.807) is 16.9 Å². The molecule has 23 heavy (non-hydrogen) atoms. The van der Waals surface area contributed by atoms with Gasteiger partial charge >= 0.3 is 0 Å². The van der Waals surface area contributed by atoms with Gasteiger partial charge < -0.3 is 15.3 Å². The number of halogens is 2. The van der Waals surface area contributed by atoms with Crippen LogP contribution in [0.1, 0.15) is 11.7 Å². The van der Waals surface area contributed by atoms with Gasteiger partial charge in [0.15, 0.2) is 11.9 Å². The second-order valence-electron chi connectivity index (χ2n) is 5.32. The first kappa shape index (κ1) is 17.4. The van der Waals surface area contributed by atoms with E-state index in [0.29, 0.717) is 12.4 Å². The highest BCUT2D eigenvalue weighted by molar-refractivity contribution is 6.30. The number of anilines is 1. The van der Waals surface area contributed by atoms with Crippen molar-refractivity contribution in [2.75, 3.05) is 26.0 Å². The van der Waals surface area contributed by atoms with Crippen LogP contribution in [0.4, 0.5) is 10.2 Å². The Morgan fingerprint density at radius 1 is 1.48 bits per heavy atom. The molecule has 0 spiro atoms. The number of hydrogen-bond donors (Lipinski definition) is 2. The maximum atomic E-state index is 13.7. The Labute approximate surface area is 138 Å². The zero-order valence-electron chi connectivity index (χ0n) is 12.8. The highest BCUT2D eigenvalue weighted by atomic mass is 35.5. The third kappa shape index (κ3) is 4.75. The first-order valence-electron chi connectivity index (χ1n) is 6.99. The smallest absolute Gasteiger partial charge is 0.259 e. The van der Waals surface area contributed by atoms with Crippen LogP contribution in [-0.4, -0.2) is 46.3 Å². The lowest BCUT2D eigenvalue weighted by Crippen LogP contribution is -2.22. The molecule has 0 bridgehead atoms. The average molecular weight is 341 g/mol. The van der Waals surface area contributed by atoms with Crippen LogP contribution in [0.5, 0.6) is 0 Å². The minimum absolute atomic E-state index is 0.140. The van der Waals surface area contributed by atoms with Crippen molar-refractivity contribution in [2.45, 2.75) is 12.6 Å². The number of carbonyl (C=O) groups is 1. The van der Waals surface area contributed by atoms with E-state index in [1.165, 1.54) is 12.1 Å². The summed E-state index contributed by atoms with van der Waals surface area (Å²) in [5.74, 6) is -1.21. The molecule has 0 aliphatic rings. The van der Waals surface area contributed by atoms with Gasteiger partial charge in [0.2, 0.25) is 0 Å². The van der Waals surface area contributed by atoms with Crippen molar-refractivity contribution in [3.8, 4) is 0 Å². The molecule has 1 heterocycles. The summed E-state index contributed by atoms with van der Waals surface area (Å²) >= 11 is 5.65. The molecule has 0 saturated carbocycles. The van der Waals surface area contributed by atoms with Gasteiger partial charge in [-0.15, -0.1) is 0 Å². The molecule has 1 atom stereocenters. The Morgan fingerprint density at radius 3 is 2.87 bits per heavy atom. The van der Waals surface area contributed by atoms with E-state index < -0.39 is 17.8 Å². The lowest BCUT2D eigenvalue weighted by atomic mass is 10.1. The van der Waals surface area contributed by atoms with Crippen LogP contribution in [0, 0.1) is 5.82 Å². The number of amides is 1. The number of nitrogens with zero attached hydrogens (tertiary/aromatic N) is 3. The van der Waals surface area contributed by atoms with Crippen LogP contribution in [0.15, 0.2) is 30.5 Å². The molecule has 1 amide bonds. The minimum atomic E-state index is -1.64. The predicted molar refractivity (Wildman–Crippen MR) is 85.8 cm³/mol. The summed E-state index contributed by atoms with van der Waals surface area (Å²) in [5, 5.41) is 16.8. The van der Waals surface area contributed by atoms with Crippen LogP contribution in [-0.2, 0) is 11.3 Å². The second kappa shape index (κ2) is 7.54. The van der Waals surface area contributed by atoms with Crippen LogP contribution in [0.2, 0.25) is 5.02 Å². The van der Waals surface area contributed by atoms with E-state index in [-0.39, 0.29) is 10.6 Å². The molecular weight excluding hydrogens is 323 g/mol. The summed E-state index contributed by atoms with van der Waals surface area (Å²) in [4.78, 5) is 14.0. The van der Waals surface area contributed by atoms with Crippen molar-refractivity contribution in [3.63, 3.8) is 0 Å². The first-order valence-corrected chi connectivity index (χ1v) is 7.36. The molecule has 1 aromatic heterocycles. The molecule has 0 saturated heterocycles. The number of benzene rings is 1.